The summed E-state index contributed by atoms with van der Waals surface area (Å²) in [5.41, 5.74) is 2.84. The molecule has 0 spiro atoms. The van der Waals surface area contributed by atoms with E-state index < -0.39 is 15.8 Å². The standard InChI is InChI=1S/C29H23P2.C5H5.Fe/c1-5-13-24(14-6-1)30(25-15-7-2-8-16-25)28-21-22-29(23-28)31(26-17-9-3-10-18-26)27-19-11-4-12-20-27;1-2-4-5-3-1;/h1-23H;1-5H;/q;;+2. The molecule has 0 heterocycles. The Kier molecular flexibility index (Phi) is 11.5. The van der Waals surface area contributed by atoms with Crippen LogP contribution in [-0.2, 0) is 17.1 Å². The summed E-state index contributed by atoms with van der Waals surface area (Å²) < 4.78 is 0. The second-order valence-corrected chi connectivity index (χ2v) is 12.7. The van der Waals surface area contributed by atoms with Crippen LogP contribution in [0.4, 0.5) is 0 Å². The molecule has 180 valence electrons. The molecule has 3 heteroatoms. The molecule has 0 N–H and O–H groups in total. The van der Waals surface area contributed by atoms with Crippen LogP contribution >= 0.6 is 15.8 Å². The van der Waals surface area contributed by atoms with Crippen molar-refractivity contribution >= 4 is 37.1 Å². The zero-order valence-corrected chi connectivity index (χ0v) is 23.3. The fraction of sp³-hybridized carbons (Fsp3) is 0. The zero-order valence-electron chi connectivity index (χ0n) is 20.4. The molecule has 2 aliphatic rings. The Morgan fingerprint density at radius 1 is 0.324 bits per heavy atom. The summed E-state index contributed by atoms with van der Waals surface area (Å²) in [7, 11) is -1.15. The van der Waals surface area contributed by atoms with Crippen molar-refractivity contribution < 1.29 is 17.1 Å². The number of rotatable bonds is 6. The van der Waals surface area contributed by atoms with E-state index in [9.17, 15) is 0 Å². The Labute approximate surface area is 237 Å². The molecule has 0 atom stereocenters. The van der Waals surface area contributed by atoms with Crippen LogP contribution in [0.2, 0.25) is 0 Å². The minimum absolute atomic E-state index is 0. The third-order valence-electron chi connectivity index (χ3n) is 5.85. The fourth-order valence-electron chi connectivity index (χ4n) is 4.22. The molecule has 0 aromatic heterocycles. The van der Waals surface area contributed by atoms with Gasteiger partial charge in [0.2, 0.25) is 0 Å². The van der Waals surface area contributed by atoms with Crippen molar-refractivity contribution in [3.63, 3.8) is 0 Å². The number of benzene rings is 4. The summed E-state index contributed by atoms with van der Waals surface area (Å²) in [6.07, 6.45) is 17.2. The first kappa shape index (κ1) is 28.3. The van der Waals surface area contributed by atoms with Gasteiger partial charge in [-0.3, -0.25) is 0 Å². The molecule has 10 radical (unpaired) electrons. The average molecular weight is 554 g/mol. The van der Waals surface area contributed by atoms with Crippen molar-refractivity contribution in [3.05, 3.63) is 184 Å². The van der Waals surface area contributed by atoms with E-state index in [2.05, 4.69) is 141 Å². The summed E-state index contributed by atoms with van der Waals surface area (Å²) in [6, 6.07) is 43.7. The van der Waals surface area contributed by atoms with Gasteiger partial charge in [-0.2, -0.15) is 0 Å². The Bertz CT molecular complexity index is 972. The van der Waals surface area contributed by atoms with E-state index in [1.54, 1.807) is 0 Å². The third-order valence-corrected chi connectivity index (χ3v) is 10.7. The normalized spacial score (nSPS) is 15.8. The molecule has 0 aliphatic heterocycles. The summed E-state index contributed by atoms with van der Waals surface area (Å²) in [4.78, 5) is 0. The van der Waals surface area contributed by atoms with Crippen LogP contribution < -0.4 is 21.2 Å². The van der Waals surface area contributed by atoms with Crippen LogP contribution in [0.25, 0.3) is 0 Å². The number of hydrogen-bond acceptors (Lipinski definition) is 0. The van der Waals surface area contributed by atoms with Crippen molar-refractivity contribution in [1.29, 1.82) is 0 Å². The van der Waals surface area contributed by atoms with Gasteiger partial charge in [0.15, 0.2) is 0 Å². The van der Waals surface area contributed by atoms with Crippen molar-refractivity contribution in [1.82, 2.24) is 0 Å². The molecule has 37 heavy (non-hydrogen) atoms. The van der Waals surface area contributed by atoms with E-state index in [0.717, 1.165) is 0 Å². The molecule has 0 amide bonds. The quantitative estimate of drug-likeness (QED) is 0.179. The largest absolute Gasteiger partial charge is 2.00 e. The van der Waals surface area contributed by atoms with Crippen LogP contribution in [0, 0.1) is 62.7 Å². The molecule has 0 bridgehead atoms. The number of hydrogen-bond donors (Lipinski definition) is 0. The van der Waals surface area contributed by atoms with Crippen LogP contribution in [0.5, 0.6) is 0 Å². The minimum atomic E-state index is -0.577. The molecular formula is C34H28FeP2+2. The summed E-state index contributed by atoms with van der Waals surface area (Å²) in [5, 5.41) is 5.57. The van der Waals surface area contributed by atoms with Gasteiger partial charge < -0.3 is 0 Å². The molecular weight excluding hydrogens is 526 g/mol. The molecule has 0 unspecified atom stereocenters. The van der Waals surface area contributed by atoms with Crippen LogP contribution in [0.3, 0.4) is 0 Å². The maximum absolute atomic E-state index is 2.46. The molecule has 4 aromatic carbocycles. The molecule has 2 fully saturated rings. The molecule has 0 saturated heterocycles. The zero-order chi connectivity index (χ0) is 24.4. The smallest absolute Gasteiger partial charge is 0.0622 e. The summed E-state index contributed by atoms with van der Waals surface area (Å²) in [6.45, 7) is 0. The van der Waals surface area contributed by atoms with Crippen molar-refractivity contribution in [3.8, 4) is 0 Å². The topological polar surface area (TPSA) is 0 Å². The van der Waals surface area contributed by atoms with E-state index in [0.29, 0.717) is 0 Å². The van der Waals surface area contributed by atoms with Gasteiger partial charge in [-0.05, 0) is 88.4 Å². The predicted octanol–water partition coefficient (Wildman–Crippen LogP) is 6.96. The van der Waals surface area contributed by atoms with E-state index in [1.807, 2.05) is 32.1 Å². The Hall–Kier alpha value is -1.74. The van der Waals surface area contributed by atoms with Gasteiger partial charge in [-0.1, -0.05) is 121 Å². The van der Waals surface area contributed by atoms with Gasteiger partial charge in [0.1, 0.15) is 0 Å². The van der Waals surface area contributed by atoms with Crippen LogP contribution in [0.1, 0.15) is 0 Å². The van der Waals surface area contributed by atoms with E-state index in [4.69, 9.17) is 0 Å². The first-order valence-electron chi connectivity index (χ1n) is 12.1. The van der Waals surface area contributed by atoms with Crippen molar-refractivity contribution in [2.24, 2.45) is 0 Å². The second-order valence-electron chi connectivity index (χ2n) is 8.30. The van der Waals surface area contributed by atoms with Gasteiger partial charge >= 0.3 is 17.1 Å². The summed E-state index contributed by atoms with van der Waals surface area (Å²) in [5.74, 6) is 0. The Morgan fingerprint density at radius 2 is 0.568 bits per heavy atom. The van der Waals surface area contributed by atoms with E-state index in [1.165, 1.54) is 32.5 Å². The summed E-state index contributed by atoms with van der Waals surface area (Å²) >= 11 is 0. The van der Waals surface area contributed by atoms with Crippen LogP contribution in [-0.4, -0.2) is 0 Å². The fourth-order valence-corrected chi connectivity index (χ4v) is 8.98. The monoisotopic (exact) mass is 554 g/mol. The first-order chi connectivity index (χ1) is 17.9. The van der Waals surface area contributed by atoms with Crippen LogP contribution in [0.15, 0.2) is 121 Å². The maximum Gasteiger partial charge on any atom is 2.00 e. The Morgan fingerprint density at radius 3 is 0.811 bits per heavy atom. The average Bonchev–Trinajstić information content (AvgIpc) is 3.68. The third kappa shape index (κ3) is 7.65. The first-order valence-corrected chi connectivity index (χ1v) is 14.8. The SMILES string of the molecule is [CH]1[CH][CH][CH][CH]1.[CH]1[CH][C](P(c2ccccc2)c2ccccc2)[CH][C]1P(c1ccccc1)c1ccccc1.[Fe+2]. The van der Waals surface area contributed by atoms with Gasteiger partial charge in [0.25, 0.3) is 0 Å². The molecule has 4 aromatic rings. The van der Waals surface area contributed by atoms with Gasteiger partial charge in [0, 0.05) is 11.3 Å². The molecule has 2 aliphatic carbocycles. The molecule has 6 rings (SSSR count). The minimum Gasteiger partial charge on any atom is -0.0622 e. The Balaban J connectivity index is 0.000000479. The maximum atomic E-state index is 2.46. The predicted molar refractivity (Wildman–Crippen MR) is 159 cm³/mol. The second kappa shape index (κ2) is 15.0. The van der Waals surface area contributed by atoms with E-state index >= 15 is 0 Å². The molecule has 0 nitrogen and oxygen atoms in total. The van der Waals surface area contributed by atoms with Crippen molar-refractivity contribution in [2.75, 3.05) is 0 Å². The van der Waals surface area contributed by atoms with Gasteiger partial charge in [0.05, 0.1) is 0 Å². The van der Waals surface area contributed by atoms with Gasteiger partial charge in [-0.25, -0.2) is 0 Å². The van der Waals surface area contributed by atoms with E-state index in [-0.39, 0.29) is 17.1 Å². The van der Waals surface area contributed by atoms with Crippen molar-refractivity contribution in [2.45, 2.75) is 0 Å². The van der Waals surface area contributed by atoms with Gasteiger partial charge in [-0.15, -0.1) is 0 Å². The molecule has 2 saturated carbocycles.